The summed E-state index contributed by atoms with van der Waals surface area (Å²) in [6, 6.07) is 8.67. The fraction of sp³-hybridized carbons (Fsp3) is 0.786. The number of hydrogen-bond acceptors (Lipinski definition) is 12. The van der Waals surface area contributed by atoms with E-state index in [-0.39, 0.29) is 36.5 Å². The third-order valence-corrected chi connectivity index (χ3v) is 11.9. The van der Waals surface area contributed by atoms with Crippen molar-refractivity contribution in [2.24, 2.45) is 23.2 Å². The number of ether oxygens (including phenoxy) is 6. The van der Waals surface area contributed by atoms with Gasteiger partial charge in [0.05, 0.1) is 36.5 Å². The smallest absolute Gasteiger partial charge is 0.338 e. The van der Waals surface area contributed by atoms with Gasteiger partial charge in [0, 0.05) is 39.3 Å². The van der Waals surface area contributed by atoms with E-state index in [0.29, 0.717) is 24.3 Å². The first-order chi connectivity index (χ1) is 25.7. The Morgan fingerprint density at radius 2 is 1.69 bits per heavy atom. The molecule has 0 spiro atoms. The van der Waals surface area contributed by atoms with Crippen molar-refractivity contribution in [2.75, 3.05) is 74.3 Å². The Morgan fingerprint density at radius 1 is 1.00 bits per heavy atom. The van der Waals surface area contributed by atoms with Crippen LogP contribution in [0.1, 0.15) is 84.0 Å². The molecule has 54 heavy (non-hydrogen) atoms. The van der Waals surface area contributed by atoms with Crippen molar-refractivity contribution in [2.45, 2.75) is 116 Å². The molecule has 3 fully saturated rings. The molecule has 0 saturated carbocycles. The Kier molecular flexibility index (Phi) is 16.9. The van der Waals surface area contributed by atoms with Crippen LogP contribution in [-0.2, 0) is 38.0 Å². The van der Waals surface area contributed by atoms with E-state index >= 15 is 0 Å². The zero-order valence-corrected chi connectivity index (χ0v) is 34.7. The zero-order chi connectivity index (χ0) is 39.6. The molecule has 12 heteroatoms. The summed E-state index contributed by atoms with van der Waals surface area (Å²) in [6.07, 6.45) is 0.964. The second-order valence-electron chi connectivity index (χ2n) is 16.7. The van der Waals surface area contributed by atoms with Gasteiger partial charge in [0.25, 0.3) is 0 Å². The molecular weight excluding hydrogens is 690 g/mol. The number of piperidine rings is 1. The molecule has 0 N–H and O–H groups in total. The van der Waals surface area contributed by atoms with Crippen LogP contribution in [0.25, 0.3) is 0 Å². The Balaban J connectivity index is 1.62. The first-order valence-corrected chi connectivity index (χ1v) is 20.1. The van der Waals surface area contributed by atoms with E-state index in [2.05, 4.69) is 23.6 Å². The number of ketones is 1. The maximum absolute atomic E-state index is 14.5. The third-order valence-electron chi connectivity index (χ3n) is 11.9. The monoisotopic (exact) mass is 760 g/mol. The molecule has 306 valence electrons. The highest BCUT2D eigenvalue weighted by molar-refractivity contribution is 6.04. The third kappa shape index (κ3) is 11.6. The zero-order valence-electron chi connectivity index (χ0n) is 34.7. The number of carbonyl (C=O) groups is 3. The minimum Gasteiger partial charge on any atom is -0.463 e. The summed E-state index contributed by atoms with van der Waals surface area (Å²) < 4.78 is 37.1. The lowest BCUT2D eigenvalue weighted by atomic mass is 9.78. The van der Waals surface area contributed by atoms with E-state index in [4.69, 9.17) is 28.4 Å². The van der Waals surface area contributed by atoms with Gasteiger partial charge in [-0.3, -0.25) is 14.5 Å². The van der Waals surface area contributed by atoms with Crippen molar-refractivity contribution in [3.8, 4) is 0 Å². The number of methoxy groups -OCH3 is 2. The Labute approximate surface area is 324 Å². The average Bonchev–Trinajstić information content (AvgIpc) is 3.16. The number of hydrogen-bond donors (Lipinski definition) is 0. The molecule has 4 rings (SSSR count). The van der Waals surface area contributed by atoms with Gasteiger partial charge in [0.15, 0.2) is 18.2 Å². The van der Waals surface area contributed by atoms with Crippen molar-refractivity contribution in [1.29, 1.82) is 0 Å². The normalized spacial score (nSPS) is 32.7. The van der Waals surface area contributed by atoms with Gasteiger partial charge in [-0.1, -0.05) is 39.0 Å². The van der Waals surface area contributed by atoms with E-state index < -0.39 is 47.9 Å². The molecule has 0 bridgehead atoms. The number of likely N-dealkylation sites (N-methyl/N-ethyl adjacent to an activating group) is 2. The highest BCUT2D eigenvalue weighted by Crippen LogP contribution is 2.35. The maximum Gasteiger partial charge on any atom is 0.338 e. The lowest BCUT2D eigenvalue weighted by Crippen LogP contribution is -2.58. The van der Waals surface area contributed by atoms with Gasteiger partial charge in [-0.05, 0) is 111 Å². The largest absolute Gasteiger partial charge is 0.463 e. The van der Waals surface area contributed by atoms with Crippen LogP contribution < -0.4 is 0 Å². The summed E-state index contributed by atoms with van der Waals surface area (Å²) in [6.45, 7) is 16.9. The number of Topliss-reactive ketones (excluding diaryl/α,β-unsaturated/α-hetero) is 1. The quantitative estimate of drug-likeness (QED) is 0.213. The second kappa shape index (κ2) is 20.6. The van der Waals surface area contributed by atoms with Gasteiger partial charge in [0.1, 0.15) is 12.0 Å². The average molecular weight is 760 g/mol. The van der Waals surface area contributed by atoms with Crippen LogP contribution in [-0.4, -0.2) is 149 Å². The molecule has 1 aromatic carbocycles. The Bertz CT molecular complexity index is 1320. The molecule has 12 nitrogen and oxygen atoms in total. The molecule has 0 aromatic heterocycles. The van der Waals surface area contributed by atoms with Crippen molar-refractivity contribution in [1.82, 2.24) is 14.7 Å². The van der Waals surface area contributed by atoms with Crippen LogP contribution in [0, 0.1) is 23.2 Å². The first-order valence-electron chi connectivity index (χ1n) is 20.1. The first kappa shape index (κ1) is 44.3. The number of benzene rings is 1. The van der Waals surface area contributed by atoms with Crippen molar-refractivity contribution in [3.63, 3.8) is 0 Å². The van der Waals surface area contributed by atoms with Crippen molar-refractivity contribution >= 4 is 17.7 Å². The topological polar surface area (TPSA) is 116 Å². The van der Waals surface area contributed by atoms with Crippen LogP contribution in [0.5, 0.6) is 0 Å². The van der Waals surface area contributed by atoms with Gasteiger partial charge >= 0.3 is 11.9 Å². The summed E-state index contributed by atoms with van der Waals surface area (Å²) >= 11 is 0. The predicted molar refractivity (Wildman–Crippen MR) is 207 cm³/mol. The second-order valence-corrected chi connectivity index (χ2v) is 16.7. The molecule has 3 heterocycles. The van der Waals surface area contributed by atoms with Crippen LogP contribution in [0.3, 0.4) is 0 Å². The number of rotatable bonds is 12. The number of esters is 2. The van der Waals surface area contributed by atoms with Crippen molar-refractivity contribution < 1.29 is 42.8 Å². The fourth-order valence-electron chi connectivity index (χ4n) is 8.53. The molecule has 9 atom stereocenters. The van der Waals surface area contributed by atoms with Crippen molar-refractivity contribution in [3.05, 3.63) is 35.9 Å². The molecule has 1 unspecified atom stereocenters. The maximum atomic E-state index is 14.5. The molecule has 3 aliphatic rings. The standard InChI is InChI=1S/C42H69N3O9/c1-11-45-26-28(2)23-35(50-10)36(54-40-37(34(43(7)8)24-29(3)52-40)53-39(47)32-15-13-12-14-16-32)30(4)38(46)42(5,6)41(48)51-27-33(45)25-31-17-19-44(20-18-31)21-22-49-9/h12-16,28-31,33-37,40H,11,17-27H2,1-10H3/t28-,29-,30-,33-,34?,35-,36-,37-,40+/m1/s1. The number of likely N-dealkylation sites (tertiary alicyclic amines) is 1. The summed E-state index contributed by atoms with van der Waals surface area (Å²) in [5, 5.41) is 0. The lowest BCUT2D eigenvalue weighted by Gasteiger charge is -2.45. The van der Waals surface area contributed by atoms with Gasteiger partial charge in [-0.15, -0.1) is 0 Å². The predicted octanol–water partition coefficient (Wildman–Crippen LogP) is 4.93. The summed E-state index contributed by atoms with van der Waals surface area (Å²) in [4.78, 5) is 48.8. The fourth-order valence-corrected chi connectivity index (χ4v) is 8.53. The van der Waals surface area contributed by atoms with E-state index in [1.54, 1.807) is 59.3 Å². The number of carbonyl (C=O) groups excluding carboxylic acids is 3. The number of nitrogens with zero attached hydrogens (tertiary/aromatic N) is 3. The Hall–Kier alpha value is -2.45. The minimum atomic E-state index is -1.45. The molecule has 1 aromatic rings. The summed E-state index contributed by atoms with van der Waals surface area (Å²) in [5.41, 5.74) is -1.02. The van der Waals surface area contributed by atoms with Gasteiger partial charge < -0.3 is 38.2 Å². The molecule has 0 radical (unpaired) electrons. The summed E-state index contributed by atoms with van der Waals surface area (Å²) in [5.74, 6) is -1.44. The molecular formula is C42H69N3O9. The van der Waals surface area contributed by atoms with Crippen LogP contribution in [0.2, 0.25) is 0 Å². The number of cyclic esters (lactones) is 1. The highest BCUT2D eigenvalue weighted by atomic mass is 16.7. The van der Waals surface area contributed by atoms with Gasteiger partial charge in [0.2, 0.25) is 0 Å². The minimum absolute atomic E-state index is 0.0224. The van der Waals surface area contributed by atoms with Crippen LogP contribution in [0.15, 0.2) is 30.3 Å². The summed E-state index contributed by atoms with van der Waals surface area (Å²) in [7, 11) is 7.27. The van der Waals surface area contributed by atoms with E-state index in [1.165, 1.54) is 0 Å². The highest BCUT2D eigenvalue weighted by Gasteiger charge is 2.49. The SMILES string of the molecule is CCN1C[C@H](C)C[C@@H](OC)[C@H](O[C@@H]2O[C@H](C)CC(N(C)C)[C@H]2OC(=O)c2ccccc2)[C@@H](C)C(=O)C(C)(C)C(=O)OC[C@H]1CC1CCN(CCOC)CC1. The van der Waals surface area contributed by atoms with E-state index in [1.807, 2.05) is 32.0 Å². The molecule has 3 saturated heterocycles. The molecule has 3 aliphatic heterocycles. The van der Waals surface area contributed by atoms with Gasteiger partial charge in [-0.25, -0.2) is 4.79 Å². The van der Waals surface area contributed by atoms with Gasteiger partial charge in [-0.2, -0.15) is 0 Å². The van der Waals surface area contributed by atoms with E-state index in [0.717, 1.165) is 58.6 Å². The van der Waals surface area contributed by atoms with E-state index in [9.17, 15) is 14.4 Å². The molecule has 0 amide bonds. The Morgan fingerprint density at radius 3 is 2.30 bits per heavy atom. The molecule has 0 aliphatic carbocycles. The van der Waals surface area contributed by atoms with Crippen LogP contribution >= 0.6 is 0 Å². The lowest BCUT2D eigenvalue weighted by molar-refractivity contribution is -0.283. The van der Waals surface area contributed by atoms with Crippen LogP contribution in [0.4, 0.5) is 0 Å².